The second kappa shape index (κ2) is 7.43. The normalized spacial score (nSPS) is 18.2. The minimum absolute atomic E-state index is 0.0687. The quantitative estimate of drug-likeness (QED) is 0.640. The van der Waals surface area contributed by atoms with Crippen LogP contribution in [0.5, 0.6) is 0 Å². The molecule has 1 unspecified atom stereocenters. The van der Waals surface area contributed by atoms with Gasteiger partial charge in [-0.05, 0) is 31.0 Å². The highest BCUT2D eigenvalue weighted by Crippen LogP contribution is 2.21. The van der Waals surface area contributed by atoms with Crippen molar-refractivity contribution < 1.29 is 14.3 Å². The number of nitrogen functional groups attached to an aromatic ring is 1. The third kappa shape index (κ3) is 4.19. The number of aryl methyl sites for hydroxylation is 1. The molecule has 1 fully saturated rings. The second-order valence-corrected chi connectivity index (χ2v) is 5.55. The van der Waals surface area contributed by atoms with Crippen LogP contribution in [0.1, 0.15) is 22.3 Å². The molecular weight excluding hydrogens is 268 g/mol. The predicted octanol–water partition coefficient (Wildman–Crippen LogP) is 1.70. The number of anilines is 1. The fourth-order valence-corrected chi connectivity index (χ4v) is 2.59. The first-order chi connectivity index (χ1) is 10.1. The molecule has 1 atom stereocenters. The van der Waals surface area contributed by atoms with E-state index in [1.165, 1.54) is 0 Å². The van der Waals surface area contributed by atoms with Gasteiger partial charge in [-0.15, -0.1) is 0 Å². The highest BCUT2D eigenvalue weighted by Gasteiger charge is 2.27. The van der Waals surface area contributed by atoms with Crippen molar-refractivity contribution in [1.82, 2.24) is 4.90 Å². The average Bonchev–Trinajstić information content (AvgIpc) is 2.94. The molecule has 116 valence electrons. The number of carbonyl (C=O) groups is 1. The molecule has 0 aliphatic carbocycles. The van der Waals surface area contributed by atoms with Gasteiger partial charge in [0.1, 0.15) is 0 Å². The smallest absolute Gasteiger partial charge is 0.254 e. The maximum Gasteiger partial charge on any atom is 0.254 e. The zero-order chi connectivity index (χ0) is 15.2. The predicted molar refractivity (Wildman–Crippen MR) is 82.3 cm³/mol. The van der Waals surface area contributed by atoms with Gasteiger partial charge in [0.05, 0.1) is 19.8 Å². The number of likely N-dealkylation sites (tertiary alicyclic amines) is 1. The largest absolute Gasteiger partial charge is 0.399 e. The molecule has 1 aromatic rings. The number of ether oxygens (including phenoxy) is 2. The Labute approximate surface area is 126 Å². The first kappa shape index (κ1) is 15.8. The molecular formula is C16H24N2O3. The van der Waals surface area contributed by atoms with E-state index in [1.54, 1.807) is 13.2 Å². The van der Waals surface area contributed by atoms with Crippen molar-refractivity contribution >= 4 is 11.6 Å². The molecule has 0 spiro atoms. The summed E-state index contributed by atoms with van der Waals surface area (Å²) in [5, 5.41) is 0. The van der Waals surface area contributed by atoms with Gasteiger partial charge in [-0.2, -0.15) is 0 Å². The maximum absolute atomic E-state index is 12.6. The number of carbonyl (C=O) groups excluding carboxylic acids is 1. The topological polar surface area (TPSA) is 64.8 Å². The Kier molecular flexibility index (Phi) is 5.59. The minimum atomic E-state index is 0.0687. The van der Waals surface area contributed by atoms with Crippen LogP contribution < -0.4 is 5.73 Å². The molecule has 0 aromatic heterocycles. The molecule has 1 heterocycles. The fourth-order valence-electron chi connectivity index (χ4n) is 2.59. The summed E-state index contributed by atoms with van der Waals surface area (Å²) in [5.74, 6) is 0.478. The van der Waals surface area contributed by atoms with Crippen LogP contribution in [0.2, 0.25) is 0 Å². The summed E-state index contributed by atoms with van der Waals surface area (Å²) in [5.41, 5.74) is 8.08. The fraction of sp³-hybridized carbons (Fsp3) is 0.562. The van der Waals surface area contributed by atoms with Crippen molar-refractivity contribution in [3.8, 4) is 0 Å². The Hall–Kier alpha value is -1.59. The van der Waals surface area contributed by atoms with Gasteiger partial charge in [0.15, 0.2) is 0 Å². The molecule has 5 heteroatoms. The third-order valence-electron chi connectivity index (χ3n) is 3.85. The molecule has 1 aliphatic heterocycles. The van der Waals surface area contributed by atoms with Crippen LogP contribution >= 0.6 is 0 Å². The van der Waals surface area contributed by atoms with E-state index in [9.17, 15) is 4.79 Å². The Balaban J connectivity index is 1.88. The minimum Gasteiger partial charge on any atom is -0.399 e. The Morgan fingerprint density at radius 3 is 3.00 bits per heavy atom. The Morgan fingerprint density at radius 2 is 2.24 bits per heavy atom. The SMILES string of the molecule is COCCOCC1CCN(C(=O)c2cc(N)ccc2C)C1. The number of methoxy groups -OCH3 is 1. The van der Waals surface area contributed by atoms with E-state index in [2.05, 4.69) is 0 Å². The lowest BCUT2D eigenvalue weighted by molar-refractivity contribution is 0.0515. The molecule has 0 bridgehead atoms. The lowest BCUT2D eigenvalue weighted by Gasteiger charge is -2.18. The van der Waals surface area contributed by atoms with E-state index in [1.807, 2.05) is 24.0 Å². The van der Waals surface area contributed by atoms with E-state index in [-0.39, 0.29) is 5.91 Å². The van der Waals surface area contributed by atoms with E-state index in [4.69, 9.17) is 15.2 Å². The maximum atomic E-state index is 12.6. The molecule has 1 saturated heterocycles. The number of benzene rings is 1. The number of amides is 1. The third-order valence-corrected chi connectivity index (χ3v) is 3.85. The van der Waals surface area contributed by atoms with Crippen LogP contribution in [0.15, 0.2) is 18.2 Å². The van der Waals surface area contributed by atoms with Gasteiger partial charge in [-0.1, -0.05) is 6.07 Å². The van der Waals surface area contributed by atoms with Crippen molar-refractivity contribution in [1.29, 1.82) is 0 Å². The summed E-state index contributed by atoms with van der Waals surface area (Å²) in [6.07, 6.45) is 0.986. The highest BCUT2D eigenvalue weighted by atomic mass is 16.5. The first-order valence-electron chi connectivity index (χ1n) is 7.34. The van der Waals surface area contributed by atoms with Crippen LogP contribution in [0.3, 0.4) is 0 Å². The van der Waals surface area contributed by atoms with Crippen LogP contribution in [0, 0.1) is 12.8 Å². The number of nitrogens with two attached hydrogens (primary N) is 1. The summed E-state index contributed by atoms with van der Waals surface area (Å²) >= 11 is 0. The van der Waals surface area contributed by atoms with Gasteiger partial charge >= 0.3 is 0 Å². The van der Waals surface area contributed by atoms with Crippen LogP contribution in [-0.4, -0.2) is 50.8 Å². The van der Waals surface area contributed by atoms with Gasteiger partial charge in [-0.25, -0.2) is 0 Å². The summed E-state index contributed by atoms with van der Waals surface area (Å²) in [6.45, 7) is 5.37. The van der Waals surface area contributed by atoms with Crippen LogP contribution in [-0.2, 0) is 9.47 Å². The second-order valence-electron chi connectivity index (χ2n) is 5.55. The highest BCUT2D eigenvalue weighted by molar-refractivity contribution is 5.96. The molecule has 1 amide bonds. The molecule has 0 radical (unpaired) electrons. The van der Waals surface area contributed by atoms with Crippen LogP contribution in [0.4, 0.5) is 5.69 Å². The monoisotopic (exact) mass is 292 g/mol. The molecule has 5 nitrogen and oxygen atoms in total. The van der Waals surface area contributed by atoms with Gasteiger partial charge in [0.25, 0.3) is 5.91 Å². The molecule has 2 rings (SSSR count). The Morgan fingerprint density at radius 1 is 1.43 bits per heavy atom. The molecule has 1 aromatic carbocycles. The van der Waals surface area contributed by atoms with Gasteiger partial charge in [0.2, 0.25) is 0 Å². The van der Waals surface area contributed by atoms with Crippen molar-refractivity contribution in [2.24, 2.45) is 5.92 Å². The van der Waals surface area contributed by atoms with E-state index in [0.29, 0.717) is 37.0 Å². The van der Waals surface area contributed by atoms with Gasteiger partial charge in [-0.3, -0.25) is 4.79 Å². The standard InChI is InChI=1S/C16H24N2O3/c1-12-3-4-14(17)9-15(12)16(19)18-6-5-13(10-18)11-21-8-7-20-2/h3-4,9,13H,5-8,10-11,17H2,1-2H3. The lowest BCUT2D eigenvalue weighted by Crippen LogP contribution is -2.30. The average molecular weight is 292 g/mol. The number of rotatable bonds is 6. The van der Waals surface area contributed by atoms with E-state index < -0.39 is 0 Å². The van der Waals surface area contributed by atoms with Crippen molar-refractivity contribution in [2.75, 3.05) is 45.8 Å². The summed E-state index contributed by atoms with van der Waals surface area (Å²) < 4.78 is 10.5. The van der Waals surface area contributed by atoms with E-state index in [0.717, 1.165) is 25.1 Å². The molecule has 21 heavy (non-hydrogen) atoms. The summed E-state index contributed by atoms with van der Waals surface area (Å²) in [7, 11) is 1.66. The molecule has 2 N–H and O–H groups in total. The van der Waals surface area contributed by atoms with Crippen molar-refractivity contribution in [3.63, 3.8) is 0 Å². The summed E-state index contributed by atoms with van der Waals surface area (Å²) in [6, 6.07) is 5.48. The van der Waals surface area contributed by atoms with Crippen molar-refractivity contribution in [2.45, 2.75) is 13.3 Å². The van der Waals surface area contributed by atoms with E-state index >= 15 is 0 Å². The van der Waals surface area contributed by atoms with Crippen molar-refractivity contribution in [3.05, 3.63) is 29.3 Å². The van der Waals surface area contributed by atoms with Gasteiger partial charge in [0, 0.05) is 37.4 Å². The van der Waals surface area contributed by atoms with Gasteiger partial charge < -0.3 is 20.1 Å². The number of hydrogen-bond acceptors (Lipinski definition) is 4. The summed E-state index contributed by atoms with van der Waals surface area (Å²) in [4.78, 5) is 14.4. The number of nitrogens with zero attached hydrogens (tertiary/aromatic N) is 1. The van der Waals surface area contributed by atoms with Crippen LogP contribution in [0.25, 0.3) is 0 Å². The zero-order valence-electron chi connectivity index (χ0n) is 12.8. The zero-order valence-corrected chi connectivity index (χ0v) is 12.8. The molecule has 1 aliphatic rings. The molecule has 0 saturated carbocycles. The Bertz CT molecular complexity index is 490. The lowest BCUT2D eigenvalue weighted by atomic mass is 10.1. The first-order valence-corrected chi connectivity index (χ1v) is 7.34. The number of hydrogen-bond donors (Lipinski definition) is 1.